The largest absolute Gasteiger partial charge is 0.452 e. The Morgan fingerprint density at radius 2 is 2.41 bits per heavy atom. The molecule has 0 aromatic rings. The van der Waals surface area contributed by atoms with Gasteiger partial charge in [0.2, 0.25) is 0 Å². The van der Waals surface area contributed by atoms with Crippen molar-refractivity contribution in [2.75, 3.05) is 17.4 Å². The average Bonchev–Trinajstić information content (AvgIpc) is 2.42. The Morgan fingerprint density at radius 1 is 1.71 bits per heavy atom. The summed E-state index contributed by atoms with van der Waals surface area (Å²) in [6, 6.07) is 0. The fourth-order valence-electron chi connectivity index (χ4n) is 1.51. The van der Waals surface area contributed by atoms with E-state index in [1.54, 1.807) is 30.4 Å². The zero-order chi connectivity index (χ0) is 12.9. The van der Waals surface area contributed by atoms with E-state index in [0.29, 0.717) is 11.5 Å². The molecule has 0 radical (unpaired) electrons. The Kier molecular flexibility index (Phi) is 5.89. The average molecular weight is 276 g/mol. The van der Waals surface area contributed by atoms with Crippen molar-refractivity contribution in [3.05, 3.63) is 12.2 Å². The molecule has 1 fully saturated rings. The van der Waals surface area contributed by atoms with Gasteiger partial charge in [0.1, 0.15) is 11.0 Å². The van der Waals surface area contributed by atoms with Crippen molar-refractivity contribution in [1.29, 1.82) is 0 Å². The van der Waals surface area contributed by atoms with E-state index in [1.807, 2.05) is 6.92 Å². The van der Waals surface area contributed by atoms with Crippen LogP contribution in [0.4, 0.5) is 0 Å². The molecule has 98 valence electrons. The van der Waals surface area contributed by atoms with Gasteiger partial charge in [-0.15, -0.1) is 23.5 Å². The summed E-state index contributed by atoms with van der Waals surface area (Å²) in [6.07, 6.45) is 0.814. The van der Waals surface area contributed by atoms with Crippen molar-refractivity contribution in [3.63, 3.8) is 0 Å². The van der Waals surface area contributed by atoms with Crippen molar-refractivity contribution in [2.45, 2.75) is 38.2 Å². The maximum atomic E-state index is 11.7. The zero-order valence-electron chi connectivity index (χ0n) is 10.7. The summed E-state index contributed by atoms with van der Waals surface area (Å²) in [4.78, 5) is 11.7. The van der Waals surface area contributed by atoms with E-state index in [4.69, 9.17) is 9.47 Å². The summed E-state index contributed by atoms with van der Waals surface area (Å²) in [6.45, 7) is 9.31. The van der Waals surface area contributed by atoms with Gasteiger partial charge in [0.25, 0.3) is 0 Å². The van der Waals surface area contributed by atoms with Crippen LogP contribution in [0.3, 0.4) is 0 Å². The molecular weight excluding hydrogens is 256 g/mol. The first-order chi connectivity index (χ1) is 7.99. The molecule has 1 aliphatic heterocycles. The molecule has 0 aliphatic carbocycles. The molecule has 1 aliphatic rings. The molecule has 0 spiro atoms. The first kappa shape index (κ1) is 14.9. The predicted molar refractivity (Wildman–Crippen MR) is 74.3 cm³/mol. The molecule has 0 saturated carbocycles. The Hall–Kier alpha value is -0.130. The molecule has 0 bridgehead atoms. The van der Waals surface area contributed by atoms with Crippen LogP contribution in [0.15, 0.2) is 12.2 Å². The molecule has 5 heteroatoms. The number of carbonyl (C=O) groups excluding carboxylic acids is 1. The number of rotatable bonds is 4. The van der Waals surface area contributed by atoms with E-state index in [-0.39, 0.29) is 11.4 Å². The summed E-state index contributed by atoms with van der Waals surface area (Å²) in [7, 11) is 0. The summed E-state index contributed by atoms with van der Waals surface area (Å²) in [5, 5.41) is 0. The van der Waals surface area contributed by atoms with Crippen LogP contribution in [-0.4, -0.2) is 34.5 Å². The number of ether oxygens (including phenoxy) is 2. The second-order valence-corrected chi connectivity index (χ2v) is 6.60. The van der Waals surface area contributed by atoms with Gasteiger partial charge < -0.3 is 9.47 Å². The third-order valence-corrected chi connectivity index (χ3v) is 4.60. The molecule has 0 amide bonds. The van der Waals surface area contributed by atoms with Crippen molar-refractivity contribution < 1.29 is 14.3 Å². The third kappa shape index (κ3) is 4.23. The Labute approximate surface area is 112 Å². The molecule has 2 unspecified atom stereocenters. The van der Waals surface area contributed by atoms with Crippen LogP contribution < -0.4 is 0 Å². The lowest BCUT2D eigenvalue weighted by Gasteiger charge is -2.34. The molecule has 0 aromatic carbocycles. The monoisotopic (exact) mass is 276 g/mol. The van der Waals surface area contributed by atoms with Crippen LogP contribution in [0.5, 0.6) is 0 Å². The fraction of sp³-hybridized carbons (Fsp3) is 0.750. The second kappa shape index (κ2) is 6.71. The Bertz CT molecular complexity index is 293. The minimum absolute atomic E-state index is 0.0919. The molecular formula is C12H20O3S2. The minimum Gasteiger partial charge on any atom is -0.452 e. The van der Waals surface area contributed by atoms with Crippen LogP contribution in [0.25, 0.3) is 0 Å². The van der Waals surface area contributed by atoms with Crippen molar-refractivity contribution >= 4 is 29.5 Å². The van der Waals surface area contributed by atoms with E-state index in [9.17, 15) is 4.79 Å². The van der Waals surface area contributed by atoms with Gasteiger partial charge >= 0.3 is 5.97 Å². The highest BCUT2D eigenvalue weighted by Crippen LogP contribution is 2.35. The summed E-state index contributed by atoms with van der Waals surface area (Å²) in [5.41, 5.74) is -0.214. The normalized spacial score (nSPS) is 29.5. The number of hydrogen-bond acceptors (Lipinski definition) is 5. The van der Waals surface area contributed by atoms with Crippen LogP contribution in [0, 0.1) is 0 Å². The number of carbonyl (C=O) groups is 1. The molecule has 1 rings (SSSR count). The third-order valence-electron chi connectivity index (χ3n) is 2.54. The molecule has 1 saturated heterocycles. The van der Waals surface area contributed by atoms with Gasteiger partial charge in [-0.2, -0.15) is 0 Å². The molecule has 0 aromatic heterocycles. The summed E-state index contributed by atoms with van der Waals surface area (Å²) >= 11 is 3.42. The van der Waals surface area contributed by atoms with Crippen molar-refractivity contribution in [2.24, 2.45) is 0 Å². The number of esters is 1. The topological polar surface area (TPSA) is 35.5 Å². The lowest BCUT2D eigenvalue weighted by molar-refractivity contribution is -0.161. The minimum atomic E-state index is -0.555. The molecule has 3 nitrogen and oxygen atoms in total. The van der Waals surface area contributed by atoms with Gasteiger partial charge in [-0.25, -0.2) is 4.79 Å². The van der Waals surface area contributed by atoms with E-state index >= 15 is 0 Å². The van der Waals surface area contributed by atoms with E-state index in [1.165, 1.54) is 0 Å². The number of thioether (sulfide) groups is 2. The smallest absolute Gasteiger partial charge is 0.333 e. The highest BCUT2D eigenvalue weighted by atomic mass is 32.2. The first-order valence-corrected chi connectivity index (χ1v) is 7.89. The maximum Gasteiger partial charge on any atom is 0.333 e. The van der Waals surface area contributed by atoms with Crippen LogP contribution >= 0.6 is 23.5 Å². The standard InChI is InChI=1S/C12H20O3S2/c1-5-17-11-12(4,6-7-16-8-14-11)15-10(13)9(2)3/h11H,2,5-8H2,1,3-4H3. The summed E-state index contributed by atoms with van der Waals surface area (Å²) in [5.74, 6) is 2.22. The first-order valence-electron chi connectivity index (χ1n) is 5.69. The number of hydrogen-bond donors (Lipinski definition) is 0. The van der Waals surface area contributed by atoms with Crippen LogP contribution in [0.2, 0.25) is 0 Å². The maximum absolute atomic E-state index is 11.7. The Morgan fingerprint density at radius 3 is 3.00 bits per heavy atom. The highest BCUT2D eigenvalue weighted by Gasteiger charge is 2.40. The van der Waals surface area contributed by atoms with Gasteiger partial charge in [0, 0.05) is 5.57 Å². The van der Waals surface area contributed by atoms with Gasteiger partial charge in [-0.1, -0.05) is 13.5 Å². The summed E-state index contributed by atoms with van der Waals surface area (Å²) < 4.78 is 11.3. The molecule has 17 heavy (non-hydrogen) atoms. The molecule has 0 N–H and O–H groups in total. The van der Waals surface area contributed by atoms with Crippen LogP contribution in [-0.2, 0) is 14.3 Å². The van der Waals surface area contributed by atoms with E-state index in [2.05, 4.69) is 13.5 Å². The van der Waals surface area contributed by atoms with Crippen LogP contribution in [0.1, 0.15) is 27.2 Å². The molecule has 2 atom stereocenters. The Balaban J connectivity index is 2.77. The highest BCUT2D eigenvalue weighted by molar-refractivity contribution is 8.00. The van der Waals surface area contributed by atoms with Gasteiger partial charge in [0.15, 0.2) is 0 Å². The van der Waals surface area contributed by atoms with E-state index < -0.39 is 5.60 Å². The molecule has 1 heterocycles. The van der Waals surface area contributed by atoms with Crippen molar-refractivity contribution in [1.82, 2.24) is 0 Å². The van der Waals surface area contributed by atoms with Gasteiger partial charge in [0.05, 0.1) is 5.94 Å². The quantitative estimate of drug-likeness (QED) is 0.582. The lowest BCUT2D eigenvalue weighted by atomic mass is 10.0. The van der Waals surface area contributed by atoms with Crippen molar-refractivity contribution in [3.8, 4) is 0 Å². The lowest BCUT2D eigenvalue weighted by Crippen LogP contribution is -2.43. The van der Waals surface area contributed by atoms with Gasteiger partial charge in [-0.3, -0.25) is 0 Å². The van der Waals surface area contributed by atoms with E-state index in [0.717, 1.165) is 17.9 Å². The second-order valence-electron chi connectivity index (χ2n) is 4.21. The fourth-order valence-corrected chi connectivity index (χ4v) is 3.48. The SMILES string of the molecule is C=C(C)C(=O)OC1(C)CCSCOC1SCC. The zero-order valence-corrected chi connectivity index (χ0v) is 12.3. The predicted octanol–water partition coefficient (Wildman–Crippen LogP) is 3.05. The van der Waals surface area contributed by atoms with Gasteiger partial charge in [-0.05, 0) is 31.8 Å².